The summed E-state index contributed by atoms with van der Waals surface area (Å²) < 4.78 is 5.65. The van der Waals surface area contributed by atoms with Crippen molar-refractivity contribution in [3.05, 3.63) is 101 Å². The molecule has 0 bridgehead atoms. The van der Waals surface area contributed by atoms with E-state index in [9.17, 15) is 4.79 Å². The fourth-order valence-corrected chi connectivity index (χ4v) is 5.60. The van der Waals surface area contributed by atoms with Gasteiger partial charge in [-0.05, 0) is 50.5 Å². The van der Waals surface area contributed by atoms with Gasteiger partial charge in [0.1, 0.15) is 5.75 Å². The highest BCUT2D eigenvalue weighted by atomic mass is 16.5. The van der Waals surface area contributed by atoms with Crippen molar-refractivity contribution < 1.29 is 9.53 Å². The van der Waals surface area contributed by atoms with Crippen LogP contribution in [0.4, 0.5) is 0 Å². The quantitative estimate of drug-likeness (QED) is 0.472. The zero-order valence-corrected chi connectivity index (χ0v) is 21.6. The van der Waals surface area contributed by atoms with Gasteiger partial charge in [-0.3, -0.25) is 9.69 Å². The molecule has 2 heterocycles. The molecule has 1 saturated heterocycles. The van der Waals surface area contributed by atoms with Crippen molar-refractivity contribution in [1.82, 2.24) is 14.8 Å². The van der Waals surface area contributed by atoms with Gasteiger partial charge in [-0.15, -0.1) is 0 Å². The SMILES string of the molecule is COc1cc2[nH]c(C)cc2cc1C(=O)N1C[C@H](C)N(C(C2=CCC=CC=C2)c2ccccc2)C[C@H]1C. The second kappa shape index (κ2) is 10.2. The van der Waals surface area contributed by atoms with Crippen LogP contribution in [0.15, 0.2) is 84.5 Å². The van der Waals surface area contributed by atoms with E-state index in [0.717, 1.165) is 29.6 Å². The molecule has 1 fully saturated rings. The van der Waals surface area contributed by atoms with Crippen molar-refractivity contribution in [3.63, 3.8) is 0 Å². The molecule has 3 atom stereocenters. The lowest BCUT2D eigenvalue weighted by molar-refractivity contribution is 0.0206. The Morgan fingerprint density at radius 2 is 1.86 bits per heavy atom. The molecule has 5 rings (SSSR count). The Bertz CT molecular complexity index is 1330. The van der Waals surface area contributed by atoms with E-state index in [1.807, 2.05) is 24.0 Å². The van der Waals surface area contributed by atoms with Gasteiger partial charge in [0.2, 0.25) is 0 Å². The van der Waals surface area contributed by atoms with Crippen LogP contribution in [0.3, 0.4) is 0 Å². The topological polar surface area (TPSA) is 48.6 Å². The highest BCUT2D eigenvalue weighted by molar-refractivity contribution is 6.01. The lowest BCUT2D eigenvalue weighted by atomic mass is 9.92. The predicted octanol–water partition coefficient (Wildman–Crippen LogP) is 6.20. The van der Waals surface area contributed by atoms with Gasteiger partial charge in [0.15, 0.2) is 0 Å². The predicted molar refractivity (Wildman–Crippen MR) is 146 cm³/mol. The van der Waals surface area contributed by atoms with Gasteiger partial charge in [-0.1, -0.05) is 60.7 Å². The molecule has 1 aliphatic heterocycles. The summed E-state index contributed by atoms with van der Waals surface area (Å²) in [4.78, 5) is 21.8. The minimum Gasteiger partial charge on any atom is -0.496 e. The van der Waals surface area contributed by atoms with Crippen LogP contribution >= 0.6 is 0 Å². The second-order valence-corrected chi connectivity index (χ2v) is 9.98. The summed E-state index contributed by atoms with van der Waals surface area (Å²) in [7, 11) is 1.63. The molecule has 1 aromatic heterocycles. The number of allylic oxidation sites excluding steroid dienone is 4. The summed E-state index contributed by atoms with van der Waals surface area (Å²) in [5.74, 6) is 0.640. The Hall–Kier alpha value is -3.57. The molecule has 2 aromatic carbocycles. The maximum Gasteiger partial charge on any atom is 0.257 e. The number of H-pyrrole nitrogens is 1. The molecule has 0 radical (unpaired) electrons. The van der Waals surface area contributed by atoms with E-state index < -0.39 is 0 Å². The number of amides is 1. The molecule has 3 aromatic rings. The number of aromatic nitrogens is 1. The van der Waals surface area contributed by atoms with Crippen LogP contribution < -0.4 is 4.74 Å². The molecule has 5 nitrogen and oxygen atoms in total. The fourth-order valence-electron chi connectivity index (χ4n) is 5.60. The van der Waals surface area contributed by atoms with Crippen LogP contribution in [0.1, 0.15) is 47.9 Å². The minimum absolute atomic E-state index is 0.0284. The molecular weight excluding hydrogens is 446 g/mol. The molecule has 1 aliphatic carbocycles. The number of aromatic amines is 1. The number of nitrogens with one attached hydrogen (secondary N) is 1. The van der Waals surface area contributed by atoms with E-state index in [0.29, 0.717) is 17.9 Å². The minimum atomic E-state index is 0.0284. The van der Waals surface area contributed by atoms with Gasteiger partial charge >= 0.3 is 0 Å². The normalized spacial score (nSPS) is 21.3. The van der Waals surface area contributed by atoms with E-state index in [4.69, 9.17) is 4.74 Å². The maximum atomic E-state index is 13.9. The summed E-state index contributed by atoms with van der Waals surface area (Å²) in [6.45, 7) is 7.86. The molecule has 5 heteroatoms. The Labute approximate surface area is 213 Å². The number of rotatable bonds is 5. The van der Waals surface area contributed by atoms with E-state index in [-0.39, 0.29) is 24.0 Å². The third-order valence-corrected chi connectivity index (χ3v) is 7.39. The summed E-state index contributed by atoms with van der Waals surface area (Å²) in [5.41, 5.74) is 5.26. The molecule has 0 saturated carbocycles. The van der Waals surface area contributed by atoms with Gasteiger partial charge in [-0.25, -0.2) is 0 Å². The monoisotopic (exact) mass is 481 g/mol. The number of fused-ring (bicyclic) bond motifs is 1. The number of nitrogens with zero attached hydrogens (tertiary/aromatic N) is 2. The largest absolute Gasteiger partial charge is 0.496 e. The number of hydrogen-bond donors (Lipinski definition) is 1. The van der Waals surface area contributed by atoms with Crippen LogP contribution in [-0.4, -0.2) is 53.0 Å². The van der Waals surface area contributed by atoms with Crippen LogP contribution in [-0.2, 0) is 0 Å². The lowest BCUT2D eigenvalue weighted by Crippen LogP contribution is -2.58. The summed E-state index contributed by atoms with van der Waals surface area (Å²) in [6, 6.07) is 17.1. The van der Waals surface area contributed by atoms with Crippen molar-refractivity contribution in [2.24, 2.45) is 0 Å². The molecule has 2 aliphatic rings. The van der Waals surface area contributed by atoms with Gasteiger partial charge in [0.05, 0.1) is 18.7 Å². The summed E-state index contributed by atoms with van der Waals surface area (Å²) in [5, 5.41) is 1.03. The number of aryl methyl sites for hydroxylation is 1. The number of carbonyl (C=O) groups excluding carboxylic acids is 1. The third-order valence-electron chi connectivity index (χ3n) is 7.39. The van der Waals surface area contributed by atoms with Gasteiger partial charge in [-0.2, -0.15) is 0 Å². The molecule has 186 valence electrons. The van der Waals surface area contributed by atoms with Crippen molar-refractivity contribution in [2.45, 2.75) is 45.3 Å². The summed E-state index contributed by atoms with van der Waals surface area (Å²) >= 11 is 0. The van der Waals surface area contributed by atoms with Gasteiger partial charge in [0.25, 0.3) is 5.91 Å². The van der Waals surface area contributed by atoms with Crippen molar-refractivity contribution in [1.29, 1.82) is 0 Å². The number of piperazine rings is 1. The third kappa shape index (κ3) is 4.63. The zero-order chi connectivity index (χ0) is 25.2. The van der Waals surface area contributed by atoms with Crippen molar-refractivity contribution in [3.8, 4) is 5.75 Å². The first kappa shape index (κ1) is 24.1. The second-order valence-electron chi connectivity index (χ2n) is 9.98. The Kier molecular flexibility index (Phi) is 6.84. The maximum absolute atomic E-state index is 13.9. The van der Waals surface area contributed by atoms with Gasteiger partial charge < -0.3 is 14.6 Å². The number of hydrogen-bond acceptors (Lipinski definition) is 3. The number of methoxy groups -OCH3 is 1. The highest BCUT2D eigenvalue weighted by Gasteiger charge is 2.37. The number of benzene rings is 2. The molecule has 1 unspecified atom stereocenters. The molecule has 1 N–H and O–H groups in total. The number of carbonyl (C=O) groups is 1. The molecule has 0 spiro atoms. The Balaban J connectivity index is 1.44. The molecule has 1 amide bonds. The number of ether oxygens (including phenoxy) is 1. The van der Waals surface area contributed by atoms with E-state index in [1.165, 1.54) is 11.1 Å². The van der Waals surface area contributed by atoms with Crippen molar-refractivity contribution >= 4 is 16.8 Å². The standard InChI is InChI=1S/C31H35N3O2/c1-21-16-26-17-27(29(36-4)18-28(26)32-21)31(35)34-20-22(2)33(19-23(34)3)30(25-14-10-7-11-15-25)24-12-8-5-6-9-13-24/h5-8,10-18,22-23,30,32H,9,19-20H2,1-4H3/t22-,23+,30?/m0/s1. The van der Waals surface area contributed by atoms with Crippen LogP contribution in [0.25, 0.3) is 10.9 Å². The average Bonchev–Trinajstić information content (AvgIpc) is 3.05. The highest BCUT2D eigenvalue weighted by Crippen LogP contribution is 2.36. The van der Waals surface area contributed by atoms with E-state index in [1.54, 1.807) is 7.11 Å². The Morgan fingerprint density at radius 1 is 1.06 bits per heavy atom. The first-order valence-corrected chi connectivity index (χ1v) is 12.8. The zero-order valence-electron chi connectivity index (χ0n) is 21.6. The average molecular weight is 482 g/mol. The van der Waals surface area contributed by atoms with Crippen LogP contribution in [0.2, 0.25) is 0 Å². The Morgan fingerprint density at radius 3 is 2.64 bits per heavy atom. The lowest BCUT2D eigenvalue weighted by Gasteiger charge is -2.48. The smallest absolute Gasteiger partial charge is 0.257 e. The summed E-state index contributed by atoms with van der Waals surface area (Å²) in [6.07, 6.45) is 11.9. The molecule has 36 heavy (non-hydrogen) atoms. The van der Waals surface area contributed by atoms with Crippen LogP contribution in [0.5, 0.6) is 5.75 Å². The first-order chi connectivity index (χ1) is 17.5. The fraction of sp³-hybridized carbons (Fsp3) is 0.323. The van der Waals surface area contributed by atoms with Crippen LogP contribution in [0, 0.1) is 6.92 Å². The first-order valence-electron chi connectivity index (χ1n) is 12.8. The molecular formula is C31H35N3O2. The van der Waals surface area contributed by atoms with Crippen molar-refractivity contribution in [2.75, 3.05) is 20.2 Å². The van der Waals surface area contributed by atoms with E-state index >= 15 is 0 Å². The van der Waals surface area contributed by atoms with Gasteiger partial charge in [0, 0.05) is 47.8 Å². The van der Waals surface area contributed by atoms with E-state index in [2.05, 4.69) is 90.5 Å².